The van der Waals surface area contributed by atoms with Crippen LogP contribution in [0.15, 0.2) is 0 Å². The number of hydrogen-bond acceptors (Lipinski definition) is 5. The number of hydrogen-bond donors (Lipinski definition) is 1. The van der Waals surface area contributed by atoms with Crippen LogP contribution in [0.25, 0.3) is 0 Å². The zero-order valence-corrected chi connectivity index (χ0v) is 12.0. The predicted molar refractivity (Wildman–Crippen MR) is 69.0 cm³/mol. The standard InChI is InChI=1S/C12H28N2O3/c1-10(2)14(7-8-15-4)12(3,9-13)11(16-5)17-6/h10-11H,7-9,13H2,1-6H3. The van der Waals surface area contributed by atoms with Crippen LogP contribution in [-0.4, -0.2) is 63.8 Å². The van der Waals surface area contributed by atoms with Crippen LogP contribution in [0.4, 0.5) is 0 Å². The van der Waals surface area contributed by atoms with Crippen molar-refractivity contribution in [1.82, 2.24) is 4.90 Å². The van der Waals surface area contributed by atoms with Gasteiger partial charge in [-0.3, -0.25) is 4.90 Å². The van der Waals surface area contributed by atoms with Gasteiger partial charge in [-0.25, -0.2) is 0 Å². The van der Waals surface area contributed by atoms with E-state index >= 15 is 0 Å². The van der Waals surface area contributed by atoms with Gasteiger partial charge >= 0.3 is 0 Å². The van der Waals surface area contributed by atoms with E-state index in [9.17, 15) is 0 Å². The molecule has 5 nitrogen and oxygen atoms in total. The SMILES string of the molecule is COCCN(C(C)C)C(C)(CN)C(OC)OC. The van der Waals surface area contributed by atoms with Gasteiger partial charge < -0.3 is 19.9 Å². The lowest BCUT2D eigenvalue weighted by molar-refractivity contribution is -0.188. The Morgan fingerprint density at radius 3 is 2.00 bits per heavy atom. The van der Waals surface area contributed by atoms with Crippen molar-refractivity contribution in [3.05, 3.63) is 0 Å². The summed E-state index contributed by atoms with van der Waals surface area (Å²) in [5, 5.41) is 0. The number of methoxy groups -OCH3 is 3. The van der Waals surface area contributed by atoms with E-state index in [-0.39, 0.29) is 11.8 Å². The van der Waals surface area contributed by atoms with Gasteiger partial charge in [0.15, 0.2) is 6.29 Å². The summed E-state index contributed by atoms with van der Waals surface area (Å²) in [6.07, 6.45) is -0.355. The zero-order valence-electron chi connectivity index (χ0n) is 12.0. The van der Waals surface area contributed by atoms with Crippen molar-refractivity contribution >= 4 is 0 Å². The minimum Gasteiger partial charge on any atom is -0.383 e. The Morgan fingerprint density at radius 1 is 1.18 bits per heavy atom. The molecule has 0 fully saturated rings. The van der Waals surface area contributed by atoms with Gasteiger partial charge in [0, 0.05) is 40.5 Å². The molecule has 0 saturated heterocycles. The van der Waals surface area contributed by atoms with E-state index in [2.05, 4.69) is 25.7 Å². The molecule has 0 aliphatic heterocycles. The molecule has 0 aromatic heterocycles. The third-order valence-electron chi connectivity index (χ3n) is 3.16. The molecule has 0 bridgehead atoms. The topological polar surface area (TPSA) is 57.0 Å². The second-order valence-electron chi connectivity index (χ2n) is 4.64. The van der Waals surface area contributed by atoms with Crippen LogP contribution in [0.1, 0.15) is 20.8 Å². The molecule has 0 aromatic rings. The summed E-state index contributed by atoms with van der Waals surface area (Å²) in [6.45, 7) is 8.23. The van der Waals surface area contributed by atoms with Crippen LogP contribution in [0, 0.1) is 0 Å². The molecular weight excluding hydrogens is 220 g/mol. The third-order valence-corrected chi connectivity index (χ3v) is 3.16. The van der Waals surface area contributed by atoms with E-state index in [0.29, 0.717) is 19.2 Å². The molecule has 0 aromatic carbocycles. The Labute approximate surface area is 105 Å². The van der Waals surface area contributed by atoms with E-state index in [0.717, 1.165) is 6.54 Å². The number of rotatable bonds is 9. The van der Waals surface area contributed by atoms with Gasteiger partial charge in [-0.1, -0.05) is 0 Å². The Balaban J connectivity index is 4.96. The molecular formula is C12H28N2O3. The van der Waals surface area contributed by atoms with Gasteiger partial charge in [0.1, 0.15) is 0 Å². The molecule has 0 aliphatic carbocycles. The van der Waals surface area contributed by atoms with Crippen LogP contribution in [0.5, 0.6) is 0 Å². The highest BCUT2D eigenvalue weighted by molar-refractivity contribution is 4.92. The summed E-state index contributed by atoms with van der Waals surface area (Å²) < 4.78 is 15.9. The lowest BCUT2D eigenvalue weighted by Crippen LogP contribution is -2.63. The third kappa shape index (κ3) is 4.19. The normalized spacial score (nSPS) is 15.9. The summed E-state index contributed by atoms with van der Waals surface area (Å²) in [6, 6.07) is 0.339. The van der Waals surface area contributed by atoms with E-state index in [1.54, 1.807) is 21.3 Å². The van der Waals surface area contributed by atoms with Crippen molar-refractivity contribution in [3.8, 4) is 0 Å². The summed E-state index contributed by atoms with van der Waals surface area (Å²) in [5.41, 5.74) is 5.56. The minimum atomic E-state index is -0.365. The van der Waals surface area contributed by atoms with Gasteiger partial charge in [0.25, 0.3) is 0 Å². The van der Waals surface area contributed by atoms with Crippen molar-refractivity contribution in [2.45, 2.75) is 38.6 Å². The second kappa shape index (κ2) is 8.00. The smallest absolute Gasteiger partial charge is 0.176 e. The average Bonchev–Trinajstić information content (AvgIpc) is 2.30. The highest BCUT2D eigenvalue weighted by Gasteiger charge is 2.40. The molecule has 0 saturated carbocycles. The van der Waals surface area contributed by atoms with Gasteiger partial charge in [0.05, 0.1) is 12.1 Å². The van der Waals surface area contributed by atoms with Gasteiger partial charge in [-0.05, 0) is 20.8 Å². The zero-order chi connectivity index (χ0) is 13.5. The van der Waals surface area contributed by atoms with Crippen LogP contribution >= 0.6 is 0 Å². The summed E-state index contributed by atoms with van der Waals surface area (Å²) in [4.78, 5) is 2.26. The molecule has 0 rings (SSSR count). The first-order valence-electron chi connectivity index (χ1n) is 5.99. The first kappa shape index (κ1) is 16.8. The molecule has 1 atom stereocenters. The first-order chi connectivity index (χ1) is 7.97. The molecule has 0 heterocycles. The molecule has 0 spiro atoms. The highest BCUT2D eigenvalue weighted by atomic mass is 16.7. The van der Waals surface area contributed by atoms with E-state index in [4.69, 9.17) is 19.9 Å². The monoisotopic (exact) mass is 248 g/mol. The Hall–Kier alpha value is -0.200. The van der Waals surface area contributed by atoms with Gasteiger partial charge in [0.2, 0.25) is 0 Å². The van der Waals surface area contributed by atoms with E-state index in [1.165, 1.54) is 0 Å². The fourth-order valence-electron chi connectivity index (χ4n) is 2.25. The Kier molecular flexibility index (Phi) is 7.91. The lowest BCUT2D eigenvalue weighted by Gasteiger charge is -2.46. The molecule has 1 unspecified atom stereocenters. The maximum Gasteiger partial charge on any atom is 0.176 e. The average molecular weight is 248 g/mol. The van der Waals surface area contributed by atoms with Crippen LogP contribution in [0.2, 0.25) is 0 Å². The Bertz CT molecular complexity index is 198. The minimum absolute atomic E-state index is 0.339. The van der Waals surface area contributed by atoms with Gasteiger partial charge in [-0.2, -0.15) is 0 Å². The molecule has 17 heavy (non-hydrogen) atoms. The van der Waals surface area contributed by atoms with Crippen molar-refractivity contribution in [3.63, 3.8) is 0 Å². The number of nitrogens with zero attached hydrogens (tertiary/aromatic N) is 1. The molecule has 104 valence electrons. The molecule has 2 N–H and O–H groups in total. The van der Waals surface area contributed by atoms with Crippen LogP contribution in [0.3, 0.4) is 0 Å². The summed E-state index contributed by atoms with van der Waals surface area (Å²) in [5.74, 6) is 0. The molecule has 5 heteroatoms. The largest absolute Gasteiger partial charge is 0.383 e. The predicted octanol–water partition coefficient (Wildman–Crippen LogP) is 0.680. The molecule has 0 amide bonds. The first-order valence-corrected chi connectivity index (χ1v) is 5.99. The Morgan fingerprint density at radius 2 is 1.71 bits per heavy atom. The van der Waals surface area contributed by atoms with Crippen molar-refractivity contribution < 1.29 is 14.2 Å². The van der Waals surface area contributed by atoms with Crippen molar-refractivity contribution in [1.29, 1.82) is 0 Å². The van der Waals surface area contributed by atoms with E-state index in [1.807, 2.05) is 0 Å². The van der Waals surface area contributed by atoms with Crippen molar-refractivity contribution in [2.75, 3.05) is 41.0 Å². The molecule has 0 radical (unpaired) electrons. The second-order valence-corrected chi connectivity index (χ2v) is 4.64. The highest BCUT2D eigenvalue weighted by Crippen LogP contribution is 2.23. The fraction of sp³-hybridized carbons (Fsp3) is 1.00. The van der Waals surface area contributed by atoms with Gasteiger partial charge in [-0.15, -0.1) is 0 Å². The van der Waals surface area contributed by atoms with Crippen LogP contribution in [-0.2, 0) is 14.2 Å². The fourth-order valence-corrected chi connectivity index (χ4v) is 2.25. The number of nitrogens with two attached hydrogens (primary N) is 1. The molecule has 0 aliphatic rings. The van der Waals surface area contributed by atoms with E-state index < -0.39 is 0 Å². The summed E-state index contributed by atoms with van der Waals surface area (Å²) >= 11 is 0. The number of ether oxygens (including phenoxy) is 3. The summed E-state index contributed by atoms with van der Waals surface area (Å²) in [7, 11) is 4.97. The lowest BCUT2D eigenvalue weighted by atomic mass is 9.97. The maximum atomic E-state index is 5.93. The maximum absolute atomic E-state index is 5.93. The van der Waals surface area contributed by atoms with Crippen LogP contribution < -0.4 is 5.73 Å². The van der Waals surface area contributed by atoms with Crippen molar-refractivity contribution in [2.24, 2.45) is 5.73 Å². The quantitative estimate of drug-likeness (QED) is 0.608.